The van der Waals surface area contributed by atoms with E-state index in [2.05, 4.69) is 32.8 Å². The Kier molecular flexibility index (Phi) is 5.53. The highest BCUT2D eigenvalue weighted by molar-refractivity contribution is 7.78. The Hall–Kier alpha value is -1.74. The maximum absolute atomic E-state index is 12.4. The van der Waals surface area contributed by atoms with Crippen LogP contribution in [0.25, 0.3) is 11.0 Å². The van der Waals surface area contributed by atoms with Crippen LogP contribution in [0.5, 0.6) is 0 Å². The minimum Gasteiger partial charge on any atom is -0.352 e. The summed E-state index contributed by atoms with van der Waals surface area (Å²) in [5.41, 5.74) is 2.34. The molecule has 0 fully saturated rings. The summed E-state index contributed by atoms with van der Waals surface area (Å²) < 4.78 is 39.9. The van der Waals surface area contributed by atoms with E-state index < -0.39 is 24.4 Å². The van der Waals surface area contributed by atoms with Crippen molar-refractivity contribution in [3.63, 3.8) is 0 Å². The minimum atomic E-state index is -4.36. The number of H-pyrrole nitrogens is 1. The number of aromatic amines is 1. The highest BCUT2D eigenvalue weighted by Crippen LogP contribution is 2.28. The number of hydrogen-bond donors (Lipinski definition) is 4. The second-order valence-electron chi connectivity index (χ2n) is 5.29. The highest BCUT2D eigenvalue weighted by Gasteiger charge is 2.37. The lowest BCUT2D eigenvalue weighted by molar-refractivity contribution is -0.174. The van der Waals surface area contributed by atoms with Gasteiger partial charge in [0.25, 0.3) is 0 Å². The first kappa shape index (κ1) is 17.6. The number of amides is 1. The molecule has 1 unspecified atom stereocenters. The van der Waals surface area contributed by atoms with E-state index in [0.717, 1.165) is 29.3 Å². The number of imidazole rings is 1. The summed E-state index contributed by atoms with van der Waals surface area (Å²) in [6.45, 7) is 1.63. The third kappa shape index (κ3) is 4.87. The van der Waals surface area contributed by atoms with Gasteiger partial charge in [-0.3, -0.25) is 9.52 Å². The minimum absolute atomic E-state index is 0.165. The van der Waals surface area contributed by atoms with Crippen LogP contribution in [0.15, 0.2) is 18.2 Å². The first-order valence-corrected chi connectivity index (χ1v) is 7.42. The first-order chi connectivity index (χ1) is 10.8. The second-order valence-corrected chi connectivity index (χ2v) is 5.61. The molecule has 0 bridgehead atoms. The molecule has 0 spiro atoms. The number of hydrogen-bond acceptors (Lipinski definition) is 4. The van der Waals surface area contributed by atoms with E-state index >= 15 is 0 Å². The number of carbonyl (C=O) groups excluding carboxylic acids is 1. The molecule has 0 saturated carbocycles. The summed E-state index contributed by atoms with van der Waals surface area (Å²) in [6.07, 6.45) is -4.93. The van der Waals surface area contributed by atoms with E-state index in [-0.39, 0.29) is 6.54 Å². The zero-order valence-corrected chi connectivity index (χ0v) is 13.3. The predicted octanol–water partition coefficient (Wildman–Crippen LogP) is 2.70. The van der Waals surface area contributed by atoms with Crippen molar-refractivity contribution in [2.24, 2.45) is 5.92 Å². The molecule has 5 nitrogen and oxygen atoms in total. The number of fused-ring (bicyclic) bond motifs is 1. The number of carbonyl (C=O) groups is 1. The van der Waals surface area contributed by atoms with E-state index in [1.165, 1.54) is 0 Å². The van der Waals surface area contributed by atoms with Crippen molar-refractivity contribution in [1.82, 2.24) is 20.0 Å². The van der Waals surface area contributed by atoms with Crippen molar-refractivity contribution < 1.29 is 18.0 Å². The van der Waals surface area contributed by atoms with Crippen LogP contribution in [0.4, 0.5) is 13.2 Å². The SMILES string of the molecule is CC(CC(=O)NCc1ccc2nc(CNS)[nH]c2c1)C(F)(F)F. The van der Waals surface area contributed by atoms with Crippen LogP contribution in [0.3, 0.4) is 0 Å². The Morgan fingerprint density at radius 1 is 1.39 bits per heavy atom. The number of rotatable bonds is 6. The molecule has 0 aliphatic heterocycles. The van der Waals surface area contributed by atoms with Gasteiger partial charge in [-0.25, -0.2) is 4.98 Å². The van der Waals surface area contributed by atoms with Crippen molar-refractivity contribution in [2.75, 3.05) is 0 Å². The van der Waals surface area contributed by atoms with Gasteiger partial charge in [-0.1, -0.05) is 25.8 Å². The maximum Gasteiger partial charge on any atom is 0.392 e. The molecule has 1 atom stereocenters. The highest BCUT2D eigenvalue weighted by atomic mass is 32.1. The van der Waals surface area contributed by atoms with E-state index in [1.807, 2.05) is 0 Å². The average molecular weight is 346 g/mol. The number of aromatic nitrogens is 2. The number of nitrogens with zero attached hydrogens (tertiary/aromatic N) is 1. The van der Waals surface area contributed by atoms with Gasteiger partial charge in [-0.05, 0) is 17.7 Å². The van der Waals surface area contributed by atoms with Crippen LogP contribution in [0, 0.1) is 5.92 Å². The standard InChI is InChI=1S/C14H17F3N4OS/c1-8(14(15,16)17)4-13(22)18-6-9-2-3-10-11(5-9)21-12(20-10)7-19-23/h2-3,5,8,19,23H,4,6-7H2,1H3,(H,18,22)(H,20,21). The largest absolute Gasteiger partial charge is 0.392 e. The molecule has 3 N–H and O–H groups in total. The molecule has 1 aromatic heterocycles. The first-order valence-electron chi connectivity index (χ1n) is 6.97. The van der Waals surface area contributed by atoms with Crippen LogP contribution < -0.4 is 10.0 Å². The van der Waals surface area contributed by atoms with Crippen molar-refractivity contribution >= 4 is 29.8 Å². The zero-order valence-electron chi connectivity index (χ0n) is 12.4. The van der Waals surface area contributed by atoms with Gasteiger partial charge in [-0.15, -0.1) is 0 Å². The molecule has 0 saturated heterocycles. The van der Waals surface area contributed by atoms with Crippen molar-refractivity contribution in [2.45, 2.75) is 32.6 Å². The molecule has 2 rings (SSSR count). The van der Waals surface area contributed by atoms with Gasteiger partial charge in [0.1, 0.15) is 5.82 Å². The fraction of sp³-hybridized carbons (Fsp3) is 0.429. The molecule has 0 aliphatic carbocycles. The van der Waals surface area contributed by atoms with Crippen LogP contribution in [0.1, 0.15) is 24.7 Å². The molecular formula is C14H17F3N4OS. The Morgan fingerprint density at radius 2 is 2.13 bits per heavy atom. The van der Waals surface area contributed by atoms with Gasteiger partial charge >= 0.3 is 6.18 Å². The molecular weight excluding hydrogens is 329 g/mol. The Balaban J connectivity index is 1.95. The lowest BCUT2D eigenvalue weighted by atomic mass is 10.1. The van der Waals surface area contributed by atoms with Gasteiger partial charge in [0.05, 0.1) is 23.5 Å². The van der Waals surface area contributed by atoms with E-state index in [4.69, 9.17) is 0 Å². The lowest BCUT2D eigenvalue weighted by Crippen LogP contribution is -2.29. The molecule has 0 aliphatic rings. The monoisotopic (exact) mass is 346 g/mol. The Bertz CT molecular complexity index is 686. The Labute approximate surface area is 136 Å². The van der Waals surface area contributed by atoms with Gasteiger partial charge in [0.2, 0.25) is 5.91 Å². The fourth-order valence-electron chi connectivity index (χ4n) is 2.04. The summed E-state index contributed by atoms with van der Waals surface area (Å²) in [4.78, 5) is 19.0. The number of nitrogens with one attached hydrogen (secondary N) is 3. The van der Waals surface area contributed by atoms with E-state index in [0.29, 0.717) is 6.54 Å². The zero-order chi connectivity index (χ0) is 17.0. The topological polar surface area (TPSA) is 69.8 Å². The van der Waals surface area contributed by atoms with Crippen LogP contribution in [0.2, 0.25) is 0 Å². The summed E-state index contributed by atoms with van der Waals surface area (Å²) in [7, 11) is 0. The van der Waals surface area contributed by atoms with Gasteiger partial charge in [-0.2, -0.15) is 13.2 Å². The lowest BCUT2D eigenvalue weighted by Gasteiger charge is -2.15. The number of thiol groups is 1. The third-order valence-electron chi connectivity index (χ3n) is 3.38. The van der Waals surface area contributed by atoms with Crippen LogP contribution >= 0.6 is 12.8 Å². The van der Waals surface area contributed by atoms with Gasteiger partial charge in [0.15, 0.2) is 0 Å². The third-order valence-corrected chi connectivity index (χ3v) is 3.54. The molecule has 23 heavy (non-hydrogen) atoms. The van der Waals surface area contributed by atoms with Crippen molar-refractivity contribution in [3.05, 3.63) is 29.6 Å². The molecule has 126 valence electrons. The summed E-state index contributed by atoms with van der Waals surface area (Å²) in [5.74, 6) is -1.57. The normalized spacial score (nSPS) is 13.3. The second kappa shape index (κ2) is 7.22. The van der Waals surface area contributed by atoms with E-state index in [1.54, 1.807) is 18.2 Å². The molecule has 1 aromatic carbocycles. The molecule has 1 heterocycles. The molecule has 9 heteroatoms. The number of halogens is 3. The quantitative estimate of drug-likeness (QED) is 0.608. The fourth-order valence-corrected chi connectivity index (χ4v) is 2.19. The van der Waals surface area contributed by atoms with Gasteiger partial charge in [0, 0.05) is 13.0 Å². The maximum atomic E-state index is 12.4. The molecule has 2 aromatic rings. The Morgan fingerprint density at radius 3 is 2.78 bits per heavy atom. The average Bonchev–Trinajstić information content (AvgIpc) is 2.86. The number of benzene rings is 1. The van der Waals surface area contributed by atoms with Gasteiger partial charge < -0.3 is 10.3 Å². The van der Waals surface area contributed by atoms with Crippen LogP contribution in [-0.4, -0.2) is 22.1 Å². The molecule has 0 radical (unpaired) electrons. The number of alkyl halides is 3. The van der Waals surface area contributed by atoms with Crippen LogP contribution in [-0.2, 0) is 17.9 Å². The summed E-state index contributed by atoms with van der Waals surface area (Å²) in [5, 5.41) is 2.50. The smallest absolute Gasteiger partial charge is 0.352 e. The predicted molar refractivity (Wildman–Crippen MR) is 83.6 cm³/mol. The van der Waals surface area contributed by atoms with Crippen molar-refractivity contribution in [1.29, 1.82) is 0 Å². The summed E-state index contributed by atoms with van der Waals surface area (Å²) in [6, 6.07) is 5.36. The summed E-state index contributed by atoms with van der Waals surface area (Å²) >= 11 is 3.90. The van der Waals surface area contributed by atoms with E-state index in [9.17, 15) is 18.0 Å². The molecule has 1 amide bonds. The van der Waals surface area contributed by atoms with Crippen molar-refractivity contribution in [3.8, 4) is 0 Å².